The molecule has 2 aliphatic rings. The summed E-state index contributed by atoms with van der Waals surface area (Å²) in [7, 11) is 0. The van der Waals surface area contributed by atoms with Crippen LogP contribution in [0.15, 0.2) is 79.1 Å². The maximum atomic E-state index is 13.4. The summed E-state index contributed by atoms with van der Waals surface area (Å²) in [6.07, 6.45) is 2.54. The van der Waals surface area contributed by atoms with E-state index in [2.05, 4.69) is 4.98 Å². The van der Waals surface area contributed by atoms with E-state index in [0.29, 0.717) is 5.69 Å². The van der Waals surface area contributed by atoms with Gasteiger partial charge in [-0.2, -0.15) is 0 Å². The molecule has 2 aliphatic heterocycles. The highest BCUT2D eigenvalue weighted by Gasteiger charge is 2.60. The van der Waals surface area contributed by atoms with E-state index in [1.165, 1.54) is 4.90 Å². The molecule has 0 aliphatic carbocycles. The van der Waals surface area contributed by atoms with Crippen molar-refractivity contribution in [3.8, 4) is 0 Å². The van der Waals surface area contributed by atoms with Crippen molar-refractivity contribution in [2.45, 2.75) is 19.1 Å². The molecule has 2 amide bonds. The van der Waals surface area contributed by atoms with Crippen molar-refractivity contribution in [3.63, 3.8) is 0 Å². The van der Waals surface area contributed by atoms with E-state index in [1.807, 2.05) is 61.5 Å². The summed E-state index contributed by atoms with van der Waals surface area (Å²) < 4.78 is 0. The Hall–Kier alpha value is -3.51. The number of aromatic nitrogens is 1. The third kappa shape index (κ3) is 2.80. The second-order valence-electron chi connectivity index (χ2n) is 7.29. The molecular weight excluding hydrogens is 366 g/mol. The van der Waals surface area contributed by atoms with Crippen molar-refractivity contribution < 1.29 is 14.4 Å². The molecule has 1 aromatic heterocycles. The zero-order valence-electron chi connectivity index (χ0n) is 15.8. The van der Waals surface area contributed by atoms with Crippen molar-refractivity contribution in [1.29, 1.82) is 0 Å². The highest BCUT2D eigenvalue weighted by atomic mass is 16.7. The van der Waals surface area contributed by atoms with E-state index >= 15 is 0 Å². The fraction of sp³-hybridized carbons (Fsp3) is 0.174. The van der Waals surface area contributed by atoms with Gasteiger partial charge in [-0.3, -0.25) is 19.4 Å². The largest absolute Gasteiger partial charge is 0.273 e. The molecule has 3 atom stereocenters. The number of fused-ring (bicyclic) bond motifs is 1. The predicted molar refractivity (Wildman–Crippen MR) is 108 cm³/mol. The molecule has 0 N–H and O–H groups in total. The van der Waals surface area contributed by atoms with E-state index < -0.39 is 18.1 Å². The minimum Gasteiger partial charge on any atom is -0.273 e. The first-order valence-corrected chi connectivity index (χ1v) is 9.50. The van der Waals surface area contributed by atoms with Crippen molar-refractivity contribution in [2.75, 3.05) is 9.96 Å². The Labute approximate surface area is 168 Å². The quantitative estimate of drug-likeness (QED) is 0.647. The predicted octanol–water partition coefficient (Wildman–Crippen LogP) is 3.44. The van der Waals surface area contributed by atoms with Crippen LogP contribution in [0.2, 0.25) is 0 Å². The molecule has 29 heavy (non-hydrogen) atoms. The van der Waals surface area contributed by atoms with Gasteiger partial charge in [-0.05, 0) is 42.8 Å². The third-order valence-corrected chi connectivity index (χ3v) is 5.44. The number of carbonyl (C=O) groups excluding carboxylic acids is 2. The smallest absolute Gasteiger partial charge is 0.266 e. The Morgan fingerprint density at radius 3 is 2.31 bits per heavy atom. The van der Waals surface area contributed by atoms with Gasteiger partial charge in [0.2, 0.25) is 5.91 Å². The summed E-state index contributed by atoms with van der Waals surface area (Å²) in [6.45, 7) is 1.96. The molecule has 2 saturated heterocycles. The van der Waals surface area contributed by atoms with E-state index in [1.54, 1.807) is 29.6 Å². The second-order valence-corrected chi connectivity index (χ2v) is 7.29. The summed E-state index contributed by atoms with van der Waals surface area (Å²) in [5.41, 5.74) is 3.25. The monoisotopic (exact) mass is 385 g/mol. The molecule has 3 aromatic rings. The lowest BCUT2D eigenvalue weighted by molar-refractivity contribution is -0.126. The van der Waals surface area contributed by atoms with Gasteiger partial charge in [0.05, 0.1) is 17.4 Å². The van der Waals surface area contributed by atoms with Crippen LogP contribution in [0.4, 0.5) is 11.4 Å². The van der Waals surface area contributed by atoms with Gasteiger partial charge in [-0.15, -0.1) is 0 Å². The Bertz CT molecular complexity index is 1050. The highest BCUT2D eigenvalue weighted by molar-refractivity contribution is 6.23. The van der Waals surface area contributed by atoms with Crippen molar-refractivity contribution in [1.82, 2.24) is 4.98 Å². The van der Waals surface area contributed by atoms with Crippen LogP contribution in [0.25, 0.3) is 0 Å². The van der Waals surface area contributed by atoms with Crippen LogP contribution < -0.4 is 9.96 Å². The van der Waals surface area contributed by atoms with Gasteiger partial charge in [0.1, 0.15) is 5.92 Å². The van der Waals surface area contributed by atoms with Gasteiger partial charge in [-0.25, -0.2) is 9.96 Å². The number of aryl methyl sites for hydroxylation is 1. The molecule has 6 nitrogen and oxygen atoms in total. The molecular formula is C23H19N3O3. The molecule has 0 radical (unpaired) electrons. The van der Waals surface area contributed by atoms with E-state index in [0.717, 1.165) is 16.8 Å². The van der Waals surface area contributed by atoms with Crippen molar-refractivity contribution >= 4 is 23.2 Å². The van der Waals surface area contributed by atoms with E-state index in [4.69, 9.17) is 4.84 Å². The Morgan fingerprint density at radius 2 is 1.62 bits per heavy atom. The maximum Gasteiger partial charge on any atom is 0.266 e. The standard InChI is InChI=1S/C23H19N3O3/c1-15-9-11-17(12-10-15)25-22(27)19-20(16-6-5-13-24-14-16)26(29-21(19)23(25)28)18-7-3-2-4-8-18/h2-14,19-21H,1H3/t19-,20+,21-/m0/s1. The van der Waals surface area contributed by atoms with Gasteiger partial charge in [0.25, 0.3) is 5.91 Å². The average Bonchev–Trinajstić information content (AvgIpc) is 3.27. The fourth-order valence-electron chi connectivity index (χ4n) is 4.05. The van der Waals surface area contributed by atoms with Gasteiger partial charge in [-0.1, -0.05) is 42.0 Å². The Kier molecular flexibility index (Phi) is 4.14. The van der Waals surface area contributed by atoms with Crippen LogP contribution >= 0.6 is 0 Å². The molecule has 0 bridgehead atoms. The molecule has 2 aromatic carbocycles. The summed E-state index contributed by atoms with van der Waals surface area (Å²) in [5.74, 6) is -1.24. The molecule has 144 valence electrons. The van der Waals surface area contributed by atoms with E-state index in [9.17, 15) is 9.59 Å². The van der Waals surface area contributed by atoms with Crippen LogP contribution in [0.3, 0.4) is 0 Å². The van der Waals surface area contributed by atoms with Crippen LogP contribution in [0, 0.1) is 12.8 Å². The molecule has 0 unspecified atom stereocenters. The maximum absolute atomic E-state index is 13.4. The highest BCUT2D eigenvalue weighted by Crippen LogP contribution is 2.47. The number of pyridine rings is 1. The lowest BCUT2D eigenvalue weighted by atomic mass is 9.91. The van der Waals surface area contributed by atoms with Gasteiger partial charge < -0.3 is 0 Å². The summed E-state index contributed by atoms with van der Waals surface area (Å²) >= 11 is 0. The lowest BCUT2D eigenvalue weighted by Crippen LogP contribution is -2.37. The minimum atomic E-state index is -0.866. The molecule has 6 heteroatoms. The molecule has 2 fully saturated rings. The summed E-state index contributed by atoms with van der Waals surface area (Å²) in [4.78, 5) is 38.1. The minimum absolute atomic E-state index is 0.254. The topological polar surface area (TPSA) is 62.7 Å². The summed E-state index contributed by atoms with van der Waals surface area (Å²) in [5, 5.41) is 1.68. The number of anilines is 2. The molecule has 5 rings (SSSR count). The number of benzene rings is 2. The van der Waals surface area contributed by atoms with Gasteiger partial charge in [0.15, 0.2) is 6.10 Å². The van der Waals surface area contributed by atoms with Crippen LogP contribution in [0.5, 0.6) is 0 Å². The first-order valence-electron chi connectivity index (χ1n) is 9.50. The van der Waals surface area contributed by atoms with Crippen molar-refractivity contribution in [2.24, 2.45) is 5.92 Å². The first-order chi connectivity index (χ1) is 14.1. The van der Waals surface area contributed by atoms with Crippen LogP contribution in [0.1, 0.15) is 17.2 Å². The number of hydrogen-bond acceptors (Lipinski definition) is 5. The number of nitrogens with zero attached hydrogens (tertiary/aromatic N) is 3. The normalized spacial score (nSPS) is 23.6. The number of amides is 2. The number of hydroxylamine groups is 1. The van der Waals surface area contributed by atoms with Gasteiger partial charge in [0, 0.05) is 12.4 Å². The number of hydrogen-bond donors (Lipinski definition) is 0. The number of carbonyl (C=O) groups is 2. The molecule has 0 spiro atoms. The van der Waals surface area contributed by atoms with Gasteiger partial charge >= 0.3 is 0 Å². The number of imide groups is 1. The summed E-state index contributed by atoms with van der Waals surface area (Å²) in [6, 6.07) is 20.2. The molecule has 3 heterocycles. The lowest BCUT2D eigenvalue weighted by Gasteiger charge is -2.28. The number of para-hydroxylation sites is 1. The zero-order valence-corrected chi connectivity index (χ0v) is 15.8. The average molecular weight is 385 g/mol. The SMILES string of the molecule is Cc1ccc(N2C(=O)[C@@H]3[C@H](ON(c4ccccc4)[C@@H]3c3cccnc3)C2=O)cc1. The Balaban J connectivity index is 1.58. The zero-order chi connectivity index (χ0) is 20.0. The van der Waals surface area contributed by atoms with Crippen LogP contribution in [-0.4, -0.2) is 22.9 Å². The Morgan fingerprint density at radius 1 is 0.862 bits per heavy atom. The van der Waals surface area contributed by atoms with E-state index in [-0.39, 0.29) is 11.8 Å². The fourth-order valence-corrected chi connectivity index (χ4v) is 4.05. The third-order valence-electron chi connectivity index (χ3n) is 5.44. The van der Waals surface area contributed by atoms with Crippen molar-refractivity contribution in [3.05, 3.63) is 90.3 Å². The molecule has 0 saturated carbocycles. The van der Waals surface area contributed by atoms with Crippen LogP contribution in [-0.2, 0) is 14.4 Å². The second kappa shape index (κ2) is 6.83. The first kappa shape index (κ1) is 17.6. The number of rotatable bonds is 3.